The van der Waals surface area contributed by atoms with E-state index >= 15 is 0 Å². The quantitative estimate of drug-likeness (QED) is 0.467. The molecule has 1 unspecified atom stereocenters. The number of carbonyl (C=O) groups excluding carboxylic acids is 2. The summed E-state index contributed by atoms with van der Waals surface area (Å²) in [5, 5.41) is 7.86. The lowest BCUT2D eigenvalue weighted by atomic mass is 10.4. The molecule has 7 heteroatoms. The number of rotatable bonds is 3. The van der Waals surface area contributed by atoms with Gasteiger partial charge in [0.25, 0.3) is 6.17 Å². The molecule has 1 atom stereocenters. The fourth-order valence-corrected chi connectivity index (χ4v) is 0.292. The second-order valence-electron chi connectivity index (χ2n) is 1.63. The number of halogens is 2. The van der Waals surface area contributed by atoms with E-state index in [0.29, 0.717) is 0 Å². The Morgan fingerprint density at radius 2 is 1.92 bits per heavy atom. The normalized spacial score (nSPS) is 11.8. The minimum absolute atomic E-state index is 1.61. The molecule has 68 valence electrons. The van der Waals surface area contributed by atoms with E-state index in [2.05, 4.69) is 4.74 Å². The maximum absolute atomic E-state index is 12.1. The number of carboxylic acids is 1. The molecule has 0 aromatic heterocycles. The summed E-state index contributed by atoms with van der Waals surface area (Å²) in [5.41, 5.74) is 0. The van der Waals surface area contributed by atoms with Crippen LogP contribution in [0.15, 0.2) is 0 Å². The molecule has 0 amide bonds. The predicted molar refractivity (Wildman–Crippen MR) is 29.6 cm³/mol. The molecular formula is C5H4F2O5. The van der Waals surface area contributed by atoms with Crippen LogP contribution in [0.1, 0.15) is 0 Å². The zero-order valence-electron chi connectivity index (χ0n) is 5.62. The lowest BCUT2D eigenvalue weighted by Gasteiger charge is -2.00. The van der Waals surface area contributed by atoms with Gasteiger partial charge in [-0.2, -0.15) is 0 Å². The van der Waals surface area contributed by atoms with Gasteiger partial charge in [-0.15, -0.1) is 0 Å². The van der Waals surface area contributed by atoms with Crippen molar-refractivity contribution in [1.82, 2.24) is 0 Å². The molecule has 0 saturated carbocycles. The number of hydrogen-bond donors (Lipinski definition) is 1. The molecule has 0 bridgehead atoms. The van der Waals surface area contributed by atoms with Crippen LogP contribution < -0.4 is 0 Å². The van der Waals surface area contributed by atoms with Crippen molar-refractivity contribution in [1.29, 1.82) is 0 Å². The topological polar surface area (TPSA) is 80.7 Å². The first-order chi connectivity index (χ1) is 5.49. The van der Waals surface area contributed by atoms with Gasteiger partial charge >= 0.3 is 17.9 Å². The predicted octanol–water partition coefficient (Wildman–Crippen LogP) is -0.552. The van der Waals surface area contributed by atoms with Crippen molar-refractivity contribution in [3.8, 4) is 0 Å². The molecule has 0 radical (unpaired) electrons. The average Bonchev–Trinajstić information content (AvgIpc) is 2.02. The van der Waals surface area contributed by atoms with Crippen LogP contribution in [0.4, 0.5) is 8.78 Å². The standard InChI is InChI=1S/C5H4F2O5/c6-1-2(8)12-5(11)3(7)4(9)10/h3H,1H2,(H,9,10). The molecule has 0 aliphatic carbocycles. The zero-order valence-corrected chi connectivity index (χ0v) is 5.62. The van der Waals surface area contributed by atoms with Crippen LogP contribution in [0.25, 0.3) is 0 Å². The smallest absolute Gasteiger partial charge is 0.360 e. The largest absolute Gasteiger partial charge is 0.479 e. The molecule has 0 aromatic carbocycles. The van der Waals surface area contributed by atoms with Crippen molar-refractivity contribution >= 4 is 17.9 Å². The van der Waals surface area contributed by atoms with Gasteiger partial charge in [-0.1, -0.05) is 0 Å². The number of carbonyl (C=O) groups is 3. The third-order valence-corrected chi connectivity index (χ3v) is 0.747. The lowest BCUT2D eigenvalue weighted by molar-refractivity contribution is -0.167. The SMILES string of the molecule is O=C(CF)OC(=O)C(F)C(=O)O. The Labute approximate surface area is 64.9 Å². The Bertz CT molecular complexity index is 214. The van der Waals surface area contributed by atoms with E-state index < -0.39 is 30.8 Å². The van der Waals surface area contributed by atoms with Gasteiger partial charge in [0.15, 0.2) is 6.67 Å². The van der Waals surface area contributed by atoms with Gasteiger partial charge in [-0.25, -0.2) is 23.2 Å². The number of alkyl halides is 2. The molecule has 12 heavy (non-hydrogen) atoms. The lowest BCUT2D eigenvalue weighted by Crippen LogP contribution is -2.29. The van der Waals surface area contributed by atoms with E-state index in [1.54, 1.807) is 0 Å². The van der Waals surface area contributed by atoms with Crippen LogP contribution in [-0.4, -0.2) is 35.9 Å². The molecule has 0 fully saturated rings. The van der Waals surface area contributed by atoms with Gasteiger partial charge < -0.3 is 9.84 Å². The number of esters is 2. The van der Waals surface area contributed by atoms with E-state index in [9.17, 15) is 23.2 Å². The maximum atomic E-state index is 12.1. The Morgan fingerprint density at radius 3 is 2.25 bits per heavy atom. The maximum Gasteiger partial charge on any atom is 0.360 e. The van der Waals surface area contributed by atoms with Crippen molar-refractivity contribution in [2.45, 2.75) is 6.17 Å². The summed E-state index contributed by atoms with van der Waals surface area (Å²) in [6, 6.07) is 0. The van der Waals surface area contributed by atoms with Crippen LogP contribution in [0, 0.1) is 0 Å². The Hall–Kier alpha value is -1.53. The number of hydrogen-bond acceptors (Lipinski definition) is 4. The minimum atomic E-state index is -2.96. The molecule has 0 aliphatic heterocycles. The van der Waals surface area contributed by atoms with E-state index in [-0.39, 0.29) is 0 Å². The molecule has 1 N–H and O–H groups in total. The van der Waals surface area contributed by atoms with Gasteiger partial charge in [-0.05, 0) is 0 Å². The first kappa shape index (κ1) is 10.5. The average molecular weight is 182 g/mol. The van der Waals surface area contributed by atoms with Gasteiger partial charge in [0.2, 0.25) is 0 Å². The van der Waals surface area contributed by atoms with Crippen LogP contribution in [0.2, 0.25) is 0 Å². The summed E-state index contributed by atoms with van der Waals surface area (Å²) in [5.74, 6) is -5.64. The summed E-state index contributed by atoms with van der Waals surface area (Å²) < 4.78 is 26.8. The van der Waals surface area contributed by atoms with Crippen molar-refractivity contribution in [2.24, 2.45) is 0 Å². The van der Waals surface area contributed by atoms with Crippen LogP contribution >= 0.6 is 0 Å². The summed E-state index contributed by atoms with van der Waals surface area (Å²) in [6.45, 7) is -1.61. The summed E-state index contributed by atoms with van der Waals surface area (Å²) in [7, 11) is 0. The van der Waals surface area contributed by atoms with Gasteiger partial charge in [-0.3, -0.25) is 0 Å². The highest BCUT2D eigenvalue weighted by Crippen LogP contribution is 1.95. The van der Waals surface area contributed by atoms with E-state index in [1.165, 1.54) is 0 Å². The van der Waals surface area contributed by atoms with E-state index in [0.717, 1.165) is 0 Å². The van der Waals surface area contributed by atoms with Crippen molar-refractivity contribution in [2.75, 3.05) is 6.67 Å². The van der Waals surface area contributed by atoms with Crippen LogP contribution in [0.5, 0.6) is 0 Å². The Kier molecular flexibility index (Phi) is 3.81. The molecule has 0 aliphatic rings. The first-order valence-corrected chi connectivity index (χ1v) is 2.66. The number of ether oxygens (including phenoxy) is 1. The fourth-order valence-electron chi connectivity index (χ4n) is 0.292. The first-order valence-electron chi connectivity index (χ1n) is 2.66. The summed E-state index contributed by atoms with van der Waals surface area (Å²) in [4.78, 5) is 29.9. The Morgan fingerprint density at radius 1 is 1.42 bits per heavy atom. The highest BCUT2D eigenvalue weighted by Gasteiger charge is 2.29. The second kappa shape index (κ2) is 4.37. The summed E-state index contributed by atoms with van der Waals surface area (Å²) >= 11 is 0. The Balaban J connectivity index is 4.04. The van der Waals surface area contributed by atoms with Gasteiger partial charge in [0.05, 0.1) is 0 Å². The third kappa shape index (κ3) is 3.04. The third-order valence-electron chi connectivity index (χ3n) is 0.747. The number of carboxylic acid groups (broad SMARTS) is 1. The van der Waals surface area contributed by atoms with Crippen molar-refractivity contribution in [3.05, 3.63) is 0 Å². The summed E-state index contributed by atoms with van der Waals surface area (Å²) in [6.07, 6.45) is -2.96. The van der Waals surface area contributed by atoms with Crippen molar-refractivity contribution < 1.29 is 33.0 Å². The fraction of sp³-hybridized carbons (Fsp3) is 0.400. The minimum Gasteiger partial charge on any atom is -0.479 e. The highest BCUT2D eigenvalue weighted by atomic mass is 19.1. The molecular weight excluding hydrogens is 178 g/mol. The monoisotopic (exact) mass is 182 g/mol. The van der Waals surface area contributed by atoms with Crippen molar-refractivity contribution in [3.63, 3.8) is 0 Å². The molecule has 0 heterocycles. The van der Waals surface area contributed by atoms with Gasteiger partial charge in [0.1, 0.15) is 0 Å². The second-order valence-corrected chi connectivity index (χ2v) is 1.63. The number of aliphatic carboxylic acids is 1. The van der Waals surface area contributed by atoms with E-state index in [4.69, 9.17) is 5.11 Å². The molecule has 0 saturated heterocycles. The van der Waals surface area contributed by atoms with Crippen LogP contribution in [-0.2, 0) is 19.1 Å². The molecule has 0 rings (SSSR count). The zero-order chi connectivity index (χ0) is 9.72. The van der Waals surface area contributed by atoms with E-state index in [1.807, 2.05) is 0 Å². The highest BCUT2D eigenvalue weighted by molar-refractivity contribution is 6.00. The molecule has 5 nitrogen and oxygen atoms in total. The molecule has 0 aromatic rings. The van der Waals surface area contributed by atoms with Gasteiger partial charge in [0, 0.05) is 0 Å². The molecule has 0 spiro atoms. The van der Waals surface area contributed by atoms with Crippen LogP contribution in [0.3, 0.4) is 0 Å².